The molecule has 2 amide bonds. The molecule has 6 rings (SSSR count). The molecule has 0 spiro atoms. The van der Waals surface area contributed by atoms with Gasteiger partial charge in [-0.05, 0) is 24.3 Å². The van der Waals surface area contributed by atoms with E-state index in [1.54, 1.807) is 0 Å². The van der Waals surface area contributed by atoms with Crippen molar-refractivity contribution >= 4 is 69.6 Å². The van der Waals surface area contributed by atoms with Gasteiger partial charge in [0.2, 0.25) is 0 Å². The lowest BCUT2D eigenvalue weighted by Crippen LogP contribution is -2.22. The third kappa shape index (κ3) is 4.31. The van der Waals surface area contributed by atoms with Crippen LogP contribution in [0.5, 0.6) is 0 Å². The first-order valence-corrected chi connectivity index (χ1v) is 11.4. The predicted octanol–water partition coefficient (Wildman–Crippen LogP) is 4.45. The number of amides is 2. The molecule has 0 atom stereocenters. The number of nitrogens with zero attached hydrogens (tertiary/aromatic N) is 3. The number of imide groups is 1. The number of aryl methyl sites for hydroxylation is 1. The molecule has 0 fully saturated rings. The highest BCUT2D eigenvalue weighted by Crippen LogP contribution is 2.38. The Balaban J connectivity index is 0.00000160. The van der Waals surface area contributed by atoms with E-state index < -0.39 is 0 Å². The van der Waals surface area contributed by atoms with E-state index in [4.69, 9.17) is 5.73 Å². The molecule has 7 nitrogen and oxygen atoms in total. The van der Waals surface area contributed by atoms with Crippen molar-refractivity contribution in [2.75, 3.05) is 0 Å². The first-order valence-electron chi connectivity index (χ1n) is 11.4. The normalized spacial score (nSPS) is 13.1. The maximum Gasteiger partial charge on any atom is 0.259 e. The van der Waals surface area contributed by atoms with Crippen LogP contribution in [-0.4, -0.2) is 25.9 Å². The molecule has 3 N–H and O–H groups in total. The molecule has 0 radical (unpaired) electrons. The minimum absolute atomic E-state index is 0. The van der Waals surface area contributed by atoms with Crippen molar-refractivity contribution < 1.29 is 9.59 Å². The Bertz CT molecular complexity index is 1700. The monoisotopic (exact) mass is 533 g/mol. The molecule has 5 aromatic rings. The molecular weight excluding hydrogens is 509 g/mol. The number of rotatable bonds is 5. The molecule has 1 aliphatic heterocycles. The zero-order chi connectivity index (χ0) is 24.1. The number of carbonyl (C=O) groups is 2. The van der Waals surface area contributed by atoms with E-state index in [0.717, 1.165) is 44.3 Å². The summed E-state index contributed by atoms with van der Waals surface area (Å²) >= 11 is 0. The Morgan fingerprint density at radius 1 is 0.757 bits per heavy atom. The fourth-order valence-electron chi connectivity index (χ4n) is 4.99. The Morgan fingerprint density at radius 3 is 2.00 bits per heavy atom. The number of nitrogens with two attached hydrogens (primary N) is 1. The van der Waals surface area contributed by atoms with Crippen LogP contribution in [0.1, 0.15) is 22.5 Å². The maximum atomic E-state index is 13.2. The fraction of sp³-hybridized carbons (Fsp3) is 0.107. The molecule has 0 aliphatic carbocycles. The number of para-hydroxylation sites is 2. The minimum atomic E-state index is -0.385. The van der Waals surface area contributed by atoms with Crippen molar-refractivity contribution in [1.29, 1.82) is 0 Å². The number of benzene rings is 2. The summed E-state index contributed by atoms with van der Waals surface area (Å²) in [5.74, 6) is -0.764. The zero-order valence-corrected chi connectivity index (χ0v) is 21.6. The van der Waals surface area contributed by atoms with Crippen molar-refractivity contribution in [3.63, 3.8) is 0 Å². The lowest BCUT2D eigenvalue weighted by molar-refractivity contribution is -0.122. The topological polar surface area (TPSA) is 94.9 Å². The van der Waals surface area contributed by atoms with Crippen LogP contribution in [-0.2, 0) is 29.7 Å². The quantitative estimate of drug-likeness (QED) is 0.326. The second-order valence-electron chi connectivity index (χ2n) is 8.72. The van der Waals surface area contributed by atoms with Crippen molar-refractivity contribution in [2.24, 2.45) is 12.8 Å². The Morgan fingerprint density at radius 2 is 1.32 bits per heavy atom. The second-order valence-corrected chi connectivity index (χ2v) is 8.72. The average molecular weight is 534 g/mol. The molecule has 0 bridgehead atoms. The summed E-state index contributed by atoms with van der Waals surface area (Å²) in [6.45, 7) is 0.885. The number of fused-ring (bicyclic) bond motifs is 2. The van der Waals surface area contributed by atoms with Gasteiger partial charge in [-0.25, -0.2) is 0 Å². The lowest BCUT2D eigenvalue weighted by Gasteiger charge is -2.06. The molecule has 37 heavy (non-hydrogen) atoms. The van der Waals surface area contributed by atoms with Gasteiger partial charge in [-0.1, -0.05) is 42.5 Å². The van der Waals surface area contributed by atoms with Gasteiger partial charge in [0.25, 0.3) is 11.8 Å². The van der Waals surface area contributed by atoms with Crippen molar-refractivity contribution in [1.82, 2.24) is 19.4 Å². The molecule has 0 saturated heterocycles. The lowest BCUT2D eigenvalue weighted by atomic mass is 9.95. The van der Waals surface area contributed by atoms with Gasteiger partial charge in [0.05, 0.1) is 29.1 Å². The van der Waals surface area contributed by atoms with Crippen LogP contribution < -0.4 is 11.1 Å². The van der Waals surface area contributed by atoms with E-state index in [9.17, 15) is 9.59 Å². The highest BCUT2D eigenvalue weighted by atomic mass is 35.5. The summed E-state index contributed by atoms with van der Waals surface area (Å²) in [5, 5.41) is 4.36. The van der Waals surface area contributed by atoms with Crippen LogP contribution in [0.4, 0.5) is 0 Å². The molecule has 188 valence electrons. The van der Waals surface area contributed by atoms with Gasteiger partial charge in [-0.2, -0.15) is 0 Å². The molecule has 4 heterocycles. The van der Waals surface area contributed by atoms with Crippen LogP contribution in [0.2, 0.25) is 0 Å². The van der Waals surface area contributed by atoms with E-state index in [0.29, 0.717) is 24.2 Å². The van der Waals surface area contributed by atoms with Gasteiger partial charge in [-0.15, -0.1) is 24.8 Å². The van der Waals surface area contributed by atoms with Crippen LogP contribution in [0.3, 0.4) is 0 Å². The van der Waals surface area contributed by atoms with E-state index in [-0.39, 0.29) is 36.6 Å². The van der Waals surface area contributed by atoms with Gasteiger partial charge in [-0.3, -0.25) is 19.9 Å². The van der Waals surface area contributed by atoms with Crippen LogP contribution in [0.15, 0.2) is 79.1 Å². The van der Waals surface area contributed by atoms with E-state index >= 15 is 0 Å². The van der Waals surface area contributed by atoms with Gasteiger partial charge in [0.1, 0.15) is 0 Å². The van der Waals surface area contributed by atoms with Crippen LogP contribution in [0.25, 0.3) is 33.0 Å². The van der Waals surface area contributed by atoms with E-state index in [2.05, 4.69) is 14.9 Å². The Hall–Kier alpha value is -3.91. The van der Waals surface area contributed by atoms with Crippen LogP contribution >= 0.6 is 24.8 Å². The van der Waals surface area contributed by atoms with Gasteiger partial charge < -0.3 is 14.9 Å². The van der Waals surface area contributed by atoms with Crippen molar-refractivity contribution in [2.45, 2.75) is 13.1 Å². The number of nitrogens with one attached hydrogen (secondary N) is 1. The van der Waals surface area contributed by atoms with Gasteiger partial charge >= 0.3 is 0 Å². The van der Waals surface area contributed by atoms with E-state index in [1.807, 2.05) is 90.7 Å². The molecular formula is C28H25Cl2N5O2. The number of hydrogen-bond donors (Lipinski definition) is 2. The highest BCUT2D eigenvalue weighted by Gasteiger charge is 2.35. The summed E-state index contributed by atoms with van der Waals surface area (Å²) in [6.07, 6.45) is 3.86. The maximum absolute atomic E-state index is 13.2. The molecule has 0 unspecified atom stereocenters. The number of hydrogen-bond acceptors (Lipinski definition) is 4. The number of carbonyl (C=O) groups excluding carboxylic acids is 2. The molecule has 9 heteroatoms. The molecule has 2 aromatic carbocycles. The Kier molecular flexibility index (Phi) is 7.23. The molecule has 1 aliphatic rings. The smallest absolute Gasteiger partial charge is 0.259 e. The van der Waals surface area contributed by atoms with Crippen molar-refractivity contribution in [3.05, 3.63) is 102 Å². The van der Waals surface area contributed by atoms with E-state index in [1.165, 1.54) is 0 Å². The largest absolute Gasteiger partial charge is 0.350 e. The Labute approximate surface area is 225 Å². The first-order chi connectivity index (χ1) is 17.0. The zero-order valence-electron chi connectivity index (χ0n) is 20.0. The predicted molar refractivity (Wildman–Crippen MR) is 151 cm³/mol. The molecule has 0 saturated carbocycles. The fourth-order valence-corrected chi connectivity index (χ4v) is 4.99. The number of pyridine rings is 1. The van der Waals surface area contributed by atoms with Gasteiger partial charge in [0, 0.05) is 58.9 Å². The average Bonchev–Trinajstić information content (AvgIpc) is 3.50. The number of halogens is 2. The molecule has 3 aromatic heterocycles. The third-order valence-corrected chi connectivity index (χ3v) is 6.56. The summed E-state index contributed by atoms with van der Waals surface area (Å²) in [5.41, 5.74) is 11.7. The van der Waals surface area contributed by atoms with Crippen molar-refractivity contribution in [3.8, 4) is 0 Å². The summed E-state index contributed by atoms with van der Waals surface area (Å²) in [6, 6.07) is 21.6. The standard InChI is InChI=1S/C28H23N5O2.2ClH/c1-32-15-21(19-9-2-4-11-23(19)32)25-26(28(35)31-27(25)34)22-16-33(24-12-5-3-10-20(22)24)14-18-8-6-7-17(13-29)30-18;;/h2-12,15-16H,13-14,29H2,1H3,(H,31,34,35);2*1H. The SMILES string of the molecule is Cl.Cl.Cn1cc(C2=C(c3cn(Cc4cccc(CN)n4)c4ccccc34)C(=O)NC2=O)c2ccccc21. The summed E-state index contributed by atoms with van der Waals surface area (Å²) in [4.78, 5) is 30.9. The first kappa shape index (κ1) is 26.2. The second kappa shape index (κ2) is 10.2. The minimum Gasteiger partial charge on any atom is -0.350 e. The van der Waals surface area contributed by atoms with Gasteiger partial charge in [0.15, 0.2) is 0 Å². The third-order valence-electron chi connectivity index (χ3n) is 6.56. The van der Waals surface area contributed by atoms with Crippen LogP contribution in [0, 0.1) is 0 Å². The highest BCUT2D eigenvalue weighted by molar-refractivity contribution is 6.50. The summed E-state index contributed by atoms with van der Waals surface area (Å²) in [7, 11) is 1.94. The number of aromatic nitrogens is 3. The summed E-state index contributed by atoms with van der Waals surface area (Å²) < 4.78 is 4.04.